The molecular formula is C19H22Cl2N2O3S. The highest BCUT2D eigenvalue weighted by Gasteiger charge is 2.31. The molecule has 0 radical (unpaired) electrons. The van der Waals surface area contributed by atoms with Crippen LogP contribution in [0, 0.1) is 6.92 Å². The molecule has 0 fully saturated rings. The smallest absolute Gasteiger partial charge is 0.244 e. The molecule has 0 aliphatic carbocycles. The SMILES string of the molecule is CC[C@@H](C(=O)NCc1ccc(Cl)cc1)N(c1ccc(C)c(Cl)c1)S(C)(=O)=O. The Morgan fingerprint density at radius 1 is 1.15 bits per heavy atom. The van der Waals surface area contributed by atoms with E-state index in [1.165, 1.54) is 0 Å². The average Bonchev–Trinajstić information content (AvgIpc) is 2.60. The summed E-state index contributed by atoms with van der Waals surface area (Å²) in [6, 6.07) is 11.1. The van der Waals surface area contributed by atoms with Gasteiger partial charge in [-0.1, -0.05) is 48.3 Å². The quantitative estimate of drug-likeness (QED) is 0.719. The number of hydrogen-bond donors (Lipinski definition) is 1. The van der Waals surface area contributed by atoms with Gasteiger partial charge in [0.05, 0.1) is 11.9 Å². The average molecular weight is 429 g/mol. The first-order valence-corrected chi connectivity index (χ1v) is 11.0. The third kappa shape index (κ3) is 5.61. The highest BCUT2D eigenvalue weighted by molar-refractivity contribution is 7.92. The zero-order valence-corrected chi connectivity index (χ0v) is 17.7. The van der Waals surface area contributed by atoms with Gasteiger partial charge in [-0.2, -0.15) is 0 Å². The minimum Gasteiger partial charge on any atom is -0.350 e. The number of aryl methyl sites for hydroxylation is 1. The lowest BCUT2D eigenvalue weighted by Gasteiger charge is -2.30. The van der Waals surface area contributed by atoms with Crippen LogP contribution in [-0.4, -0.2) is 26.6 Å². The van der Waals surface area contributed by atoms with Crippen LogP contribution >= 0.6 is 23.2 Å². The van der Waals surface area contributed by atoms with E-state index in [2.05, 4.69) is 5.32 Å². The van der Waals surface area contributed by atoms with Gasteiger partial charge in [-0.3, -0.25) is 9.10 Å². The summed E-state index contributed by atoms with van der Waals surface area (Å²) in [7, 11) is -3.70. The van der Waals surface area contributed by atoms with Gasteiger partial charge in [0.2, 0.25) is 15.9 Å². The van der Waals surface area contributed by atoms with Gasteiger partial charge in [0, 0.05) is 16.6 Å². The van der Waals surface area contributed by atoms with Gasteiger partial charge in [-0.05, 0) is 48.7 Å². The molecule has 8 heteroatoms. The molecule has 2 rings (SSSR count). The van der Waals surface area contributed by atoms with Crippen molar-refractivity contribution in [2.75, 3.05) is 10.6 Å². The third-order valence-electron chi connectivity index (χ3n) is 4.12. The number of carbonyl (C=O) groups is 1. The second kappa shape index (κ2) is 8.95. The molecule has 2 aromatic rings. The van der Waals surface area contributed by atoms with E-state index in [0.717, 1.165) is 21.7 Å². The lowest BCUT2D eigenvalue weighted by molar-refractivity contribution is -0.122. The predicted octanol–water partition coefficient (Wildman–Crippen LogP) is 4.16. The molecule has 0 heterocycles. The molecule has 1 N–H and O–H groups in total. The second-order valence-electron chi connectivity index (χ2n) is 6.26. The van der Waals surface area contributed by atoms with Crippen LogP contribution in [0.4, 0.5) is 5.69 Å². The minimum atomic E-state index is -3.70. The van der Waals surface area contributed by atoms with E-state index >= 15 is 0 Å². The topological polar surface area (TPSA) is 66.5 Å². The first-order chi connectivity index (χ1) is 12.6. The Labute approximate surface area is 170 Å². The Hall–Kier alpha value is -1.76. The summed E-state index contributed by atoms with van der Waals surface area (Å²) in [5.41, 5.74) is 2.06. The van der Waals surface area contributed by atoms with Crippen molar-refractivity contribution >= 4 is 44.8 Å². The van der Waals surface area contributed by atoms with E-state index in [4.69, 9.17) is 23.2 Å². The third-order valence-corrected chi connectivity index (χ3v) is 5.96. The molecule has 0 aliphatic heterocycles. The number of benzene rings is 2. The van der Waals surface area contributed by atoms with Gasteiger partial charge in [0.25, 0.3) is 0 Å². The lowest BCUT2D eigenvalue weighted by atomic mass is 10.1. The van der Waals surface area contributed by atoms with Crippen LogP contribution in [-0.2, 0) is 21.4 Å². The lowest BCUT2D eigenvalue weighted by Crippen LogP contribution is -2.49. The van der Waals surface area contributed by atoms with Crippen molar-refractivity contribution in [2.45, 2.75) is 32.9 Å². The predicted molar refractivity (Wildman–Crippen MR) is 111 cm³/mol. The summed E-state index contributed by atoms with van der Waals surface area (Å²) in [4.78, 5) is 12.8. The van der Waals surface area contributed by atoms with Crippen molar-refractivity contribution in [1.82, 2.24) is 5.32 Å². The maximum atomic E-state index is 12.8. The Morgan fingerprint density at radius 2 is 1.78 bits per heavy atom. The molecule has 0 saturated heterocycles. The van der Waals surface area contributed by atoms with Crippen LogP contribution in [0.1, 0.15) is 24.5 Å². The van der Waals surface area contributed by atoms with Crippen LogP contribution in [0.2, 0.25) is 10.0 Å². The van der Waals surface area contributed by atoms with Crippen LogP contribution in [0.5, 0.6) is 0 Å². The Kier molecular flexibility index (Phi) is 7.14. The van der Waals surface area contributed by atoms with Crippen LogP contribution in [0.3, 0.4) is 0 Å². The van der Waals surface area contributed by atoms with Crippen molar-refractivity contribution in [1.29, 1.82) is 0 Å². The number of nitrogens with one attached hydrogen (secondary N) is 1. The van der Waals surface area contributed by atoms with Gasteiger partial charge in [-0.15, -0.1) is 0 Å². The van der Waals surface area contributed by atoms with Crippen molar-refractivity contribution < 1.29 is 13.2 Å². The van der Waals surface area contributed by atoms with Crippen molar-refractivity contribution in [3.8, 4) is 0 Å². The molecule has 2 aromatic carbocycles. The van der Waals surface area contributed by atoms with Crippen molar-refractivity contribution in [3.05, 3.63) is 63.6 Å². The molecule has 0 aromatic heterocycles. The van der Waals surface area contributed by atoms with E-state index in [0.29, 0.717) is 22.2 Å². The number of amides is 1. The Morgan fingerprint density at radius 3 is 2.30 bits per heavy atom. The number of nitrogens with zero attached hydrogens (tertiary/aromatic N) is 1. The van der Waals surface area contributed by atoms with Gasteiger partial charge in [0.15, 0.2) is 0 Å². The zero-order valence-electron chi connectivity index (χ0n) is 15.4. The first-order valence-electron chi connectivity index (χ1n) is 8.41. The normalized spacial score (nSPS) is 12.5. The summed E-state index contributed by atoms with van der Waals surface area (Å²) in [5.74, 6) is -0.380. The fourth-order valence-corrected chi connectivity index (χ4v) is 4.19. The number of rotatable bonds is 7. The fraction of sp³-hybridized carbons (Fsp3) is 0.316. The van der Waals surface area contributed by atoms with Gasteiger partial charge >= 0.3 is 0 Å². The monoisotopic (exact) mass is 428 g/mol. The summed E-state index contributed by atoms with van der Waals surface area (Å²) in [5, 5.41) is 3.85. The number of anilines is 1. The molecule has 5 nitrogen and oxygen atoms in total. The van der Waals surface area contributed by atoms with Crippen LogP contribution in [0.25, 0.3) is 0 Å². The second-order valence-corrected chi connectivity index (χ2v) is 8.96. The van der Waals surface area contributed by atoms with Crippen LogP contribution < -0.4 is 9.62 Å². The van der Waals surface area contributed by atoms with Gasteiger partial charge in [-0.25, -0.2) is 8.42 Å². The number of carbonyl (C=O) groups excluding carboxylic acids is 1. The first kappa shape index (κ1) is 21.5. The fourth-order valence-electron chi connectivity index (χ4n) is 2.69. The largest absolute Gasteiger partial charge is 0.350 e. The number of hydrogen-bond acceptors (Lipinski definition) is 3. The summed E-state index contributed by atoms with van der Waals surface area (Å²) < 4.78 is 26.0. The van der Waals surface area contributed by atoms with Gasteiger partial charge in [0.1, 0.15) is 6.04 Å². The number of sulfonamides is 1. The molecule has 146 valence electrons. The molecule has 0 unspecified atom stereocenters. The summed E-state index contributed by atoms with van der Waals surface area (Å²) in [6.07, 6.45) is 1.39. The Bertz CT molecular complexity index is 915. The van der Waals surface area contributed by atoms with Gasteiger partial charge < -0.3 is 5.32 Å². The van der Waals surface area contributed by atoms with Crippen molar-refractivity contribution in [3.63, 3.8) is 0 Å². The molecule has 0 aliphatic rings. The minimum absolute atomic E-state index is 0.277. The van der Waals surface area contributed by atoms with Crippen LogP contribution in [0.15, 0.2) is 42.5 Å². The molecular weight excluding hydrogens is 407 g/mol. The molecule has 27 heavy (non-hydrogen) atoms. The molecule has 0 bridgehead atoms. The van der Waals surface area contributed by atoms with E-state index in [-0.39, 0.29) is 12.5 Å². The molecule has 0 saturated carbocycles. The Balaban J connectivity index is 2.27. The maximum absolute atomic E-state index is 12.8. The highest BCUT2D eigenvalue weighted by atomic mass is 35.5. The van der Waals surface area contributed by atoms with E-state index in [1.807, 2.05) is 6.92 Å². The molecule has 1 atom stereocenters. The molecule has 1 amide bonds. The number of halogens is 2. The van der Waals surface area contributed by atoms with E-state index in [9.17, 15) is 13.2 Å². The summed E-state index contributed by atoms with van der Waals surface area (Å²) >= 11 is 12.0. The highest BCUT2D eigenvalue weighted by Crippen LogP contribution is 2.27. The molecule has 0 spiro atoms. The maximum Gasteiger partial charge on any atom is 0.244 e. The standard InChI is InChI=1S/C19H22Cl2N2O3S/c1-4-18(19(24)22-12-14-6-8-15(20)9-7-14)23(27(3,25)26)16-10-5-13(2)17(21)11-16/h5-11,18H,4,12H2,1-3H3,(H,22,24)/t18-/m0/s1. The van der Waals surface area contributed by atoms with E-state index in [1.54, 1.807) is 49.4 Å². The zero-order chi connectivity index (χ0) is 20.2. The van der Waals surface area contributed by atoms with E-state index < -0.39 is 16.1 Å². The summed E-state index contributed by atoms with van der Waals surface area (Å²) in [6.45, 7) is 3.87. The van der Waals surface area contributed by atoms with Crippen molar-refractivity contribution in [2.24, 2.45) is 0 Å².